The Morgan fingerprint density at radius 2 is 1.95 bits per heavy atom. The van der Waals surface area contributed by atoms with Crippen molar-refractivity contribution >= 4 is 5.69 Å². The van der Waals surface area contributed by atoms with E-state index in [1.54, 1.807) is 6.20 Å². The highest BCUT2D eigenvalue weighted by atomic mass is 16.5. The van der Waals surface area contributed by atoms with E-state index >= 15 is 0 Å². The molecular formula is C14H18N4O. The molecule has 1 fully saturated rings. The fourth-order valence-corrected chi connectivity index (χ4v) is 2.43. The summed E-state index contributed by atoms with van der Waals surface area (Å²) in [5.41, 5.74) is 1.22. The van der Waals surface area contributed by atoms with Gasteiger partial charge in [-0.1, -0.05) is 18.9 Å². The Bertz CT molecular complexity index is 504. The summed E-state index contributed by atoms with van der Waals surface area (Å²) in [6, 6.07) is 8.17. The number of nitrogens with one attached hydrogen (secondary N) is 1. The molecule has 1 aromatic carbocycles. The van der Waals surface area contributed by atoms with Crippen molar-refractivity contribution in [3.8, 4) is 11.6 Å². The van der Waals surface area contributed by atoms with Crippen LogP contribution in [0.1, 0.15) is 25.7 Å². The molecule has 19 heavy (non-hydrogen) atoms. The number of aromatic nitrogens is 3. The summed E-state index contributed by atoms with van der Waals surface area (Å²) in [4.78, 5) is 2.43. The summed E-state index contributed by atoms with van der Waals surface area (Å²) >= 11 is 0. The zero-order valence-electron chi connectivity index (χ0n) is 10.9. The van der Waals surface area contributed by atoms with Gasteiger partial charge < -0.3 is 9.64 Å². The van der Waals surface area contributed by atoms with Crippen LogP contribution in [-0.2, 0) is 0 Å². The fourth-order valence-electron chi connectivity index (χ4n) is 2.43. The van der Waals surface area contributed by atoms with Gasteiger partial charge in [-0.2, -0.15) is 10.3 Å². The van der Waals surface area contributed by atoms with Crippen LogP contribution in [-0.4, -0.2) is 28.5 Å². The molecule has 0 radical (unpaired) electrons. The van der Waals surface area contributed by atoms with Crippen molar-refractivity contribution in [2.75, 3.05) is 18.0 Å². The highest BCUT2D eigenvalue weighted by Crippen LogP contribution is 2.26. The highest BCUT2D eigenvalue weighted by Gasteiger charge is 2.10. The maximum atomic E-state index is 5.65. The van der Waals surface area contributed by atoms with E-state index in [2.05, 4.69) is 32.4 Å². The Balaban J connectivity index is 1.75. The molecule has 5 heteroatoms. The van der Waals surface area contributed by atoms with Gasteiger partial charge in [0.15, 0.2) is 0 Å². The van der Waals surface area contributed by atoms with Gasteiger partial charge in [-0.25, -0.2) is 0 Å². The lowest BCUT2D eigenvalue weighted by atomic mass is 10.2. The quantitative estimate of drug-likeness (QED) is 0.919. The Labute approximate surface area is 112 Å². The van der Waals surface area contributed by atoms with Gasteiger partial charge in [-0.3, -0.25) is 0 Å². The number of anilines is 1. The van der Waals surface area contributed by atoms with Crippen LogP contribution in [0.4, 0.5) is 5.69 Å². The van der Waals surface area contributed by atoms with Crippen LogP contribution in [0.5, 0.6) is 11.6 Å². The Kier molecular flexibility index (Phi) is 3.63. The third-order valence-corrected chi connectivity index (χ3v) is 3.40. The van der Waals surface area contributed by atoms with E-state index in [0.717, 1.165) is 18.8 Å². The summed E-state index contributed by atoms with van der Waals surface area (Å²) in [6.07, 6.45) is 6.79. The minimum atomic E-state index is 0.494. The van der Waals surface area contributed by atoms with Gasteiger partial charge in [0, 0.05) is 24.8 Å². The highest BCUT2D eigenvalue weighted by molar-refractivity contribution is 5.51. The lowest BCUT2D eigenvalue weighted by Crippen LogP contribution is -2.23. The topological polar surface area (TPSA) is 54.0 Å². The average molecular weight is 258 g/mol. The van der Waals surface area contributed by atoms with Crippen molar-refractivity contribution in [1.82, 2.24) is 15.4 Å². The molecule has 1 N–H and O–H groups in total. The minimum absolute atomic E-state index is 0.494. The molecule has 2 aromatic rings. The molecule has 0 amide bonds. The standard InChI is InChI=1S/C14H18N4O/c1-2-4-9-18(8-3-1)12-6-5-7-13(10-12)19-14-11-15-17-16-14/h5-7,10-11H,1-4,8-9H2,(H,15,16,17). The van der Waals surface area contributed by atoms with Crippen LogP contribution in [0.2, 0.25) is 0 Å². The normalized spacial score (nSPS) is 16.1. The van der Waals surface area contributed by atoms with Gasteiger partial charge in [-0.15, -0.1) is 5.10 Å². The number of benzene rings is 1. The van der Waals surface area contributed by atoms with Gasteiger partial charge in [0.05, 0.1) is 0 Å². The van der Waals surface area contributed by atoms with Crippen molar-refractivity contribution < 1.29 is 4.74 Å². The van der Waals surface area contributed by atoms with Crippen LogP contribution in [0.3, 0.4) is 0 Å². The molecule has 1 aromatic heterocycles. The molecule has 1 saturated heterocycles. The third kappa shape index (κ3) is 3.05. The van der Waals surface area contributed by atoms with Crippen molar-refractivity contribution in [3.63, 3.8) is 0 Å². The molecule has 2 heterocycles. The van der Waals surface area contributed by atoms with Gasteiger partial charge >= 0.3 is 0 Å². The van der Waals surface area contributed by atoms with Crippen LogP contribution >= 0.6 is 0 Å². The van der Waals surface area contributed by atoms with Crippen molar-refractivity contribution in [2.45, 2.75) is 25.7 Å². The number of aromatic amines is 1. The Morgan fingerprint density at radius 1 is 1.11 bits per heavy atom. The summed E-state index contributed by atoms with van der Waals surface area (Å²) in [6.45, 7) is 2.26. The number of hydrogen-bond acceptors (Lipinski definition) is 4. The average Bonchev–Trinajstić information content (AvgIpc) is 2.79. The predicted octanol–water partition coefficient (Wildman–Crippen LogP) is 2.98. The molecule has 1 aliphatic rings. The van der Waals surface area contributed by atoms with Gasteiger partial charge in [0.1, 0.15) is 11.9 Å². The molecule has 3 rings (SSSR count). The summed E-state index contributed by atoms with van der Waals surface area (Å²) in [5, 5.41) is 10.2. The van der Waals surface area contributed by atoms with Gasteiger partial charge in [0.25, 0.3) is 5.88 Å². The number of nitrogens with zero attached hydrogens (tertiary/aromatic N) is 3. The van der Waals surface area contributed by atoms with Crippen LogP contribution in [0, 0.1) is 0 Å². The largest absolute Gasteiger partial charge is 0.436 e. The summed E-state index contributed by atoms with van der Waals surface area (Å²) < 4.78 is 5.65. The van der Waals surface area contributed by atoms with E-state index in [4.69, 9.17) is 4.74 Å². The summed E-state index contributed by atoms with van der Waals surface area (Å²) in [5.74, 6) is 1.30. The number of hydrogen-bond donors (Lipinski definition) is 1. The first-order chi connectivity index (χ1) is 9.42. The second-order valence-corrected chi connectivity index (χ2v) is 4.81. The van der Waals surface area contributed by atoms with Crippen molar-refractivity contribution in [1.29, 1.82) is 0 Å². The lowest BCUT2D eigenvalue weighted by Gasteiger charge is -2.22. The zero-order chi connectivity index (χ0) is 12.9. The van der Waals surface area contributed by atoms with Gasteiger partial charge in [-0.05, 0) is 25.0 Å². The van der Waals surface area contributed by atoms with E-state index in [1.807, 2.05) is 12.1 Å². The molecule has 0 saturated carbocycles. The SMILES string of the molecule is c1cc(Oc2cn[nH]n2)cc(N2CCCCCC2)c1. The zero-order valence-corrected chi connectivity index (χ0v) is 10.9. The van der Waals surface area contributed by atoms with E-state index in [-0.39, 0.29) is 0 Å². The second kappa shape index (κ2) is 5.73. The molecule has 100 valence electrons. The third-order valence-electron chi connectivity index (χ3n) is 3.40. The first kappa shape index (κ1) is 12.0. The van der Waals surface area contributed by atoms with Crippen molar-refractivity contribution in [3.05, 3.63) is 30.5 Å². The molecule has 0 atom stereocenters. The smallest absolute Gasteiger partial charge is 0.258 e. The van der Waals surface area contributed by atoms with Crippen LogP contribution < -0.4 is 9.64 Å². The first-order valence-electron chi connectivity index (χ1n) is 6.80. The molecule has 0 spiro atoms. The number of rotatable bonds is 3. The lowest BCUT2D eigenvalue weighted by molar-refractivity contribution is 0.461. The molecule has 0 unspecified atom stereocenters. The molecule has 1 aliphatic heterocycles. The molecule has 0 aliphatic carbocycles. The molecule has 0 bridgehead atoms. The minimum Gasteiger partial charge on any atom is -0.436 e. The van der Waals surface area contributed by atoms with E-state index in [0.29, 0.717) is 5.88 Å². The van der Waals surface area contributed by atoms with Gasteiger partial charge in [0.2, 0.25) is 0 Å². The summed E-state index contributed by atoms with van der Waals surface area (Å²) in [7, 11) is 0. The number of ether oxygens (including phenoxy) is 1. The fraction of sp³-hybridized carbons (Fsp3) is 0.429. The maximum absolute atomic E-state index is 5.65. The van der Waals surface area contributed by atoms with Crippen LogP contribution in [0.15, 0.2) is 30.5 Å². The maximum Gasteiger partial charge on any atom is 0.258 e. The van der Waals surface area contributed by atoms with Crippen LogP contribution in [0.25, 0.3) is 0 Å². The van der Waals surface area contributed by atoms with E-state index in [1.165, 1.54) is 31.4 Å². The Hall–Kier alpha value is -2.04. The molecule has 5 nitrogen and oxygen atoms in total. The first-order valence-corrected chi connectivity index (χ1v) is 6.80. The molecular weight excluding hydrogens is 240 g/mol. The van der Waals surface area contributed by atoms with Crippen molar-refractivity contribution in [2.24, 2.45) is 0 Å². The predicted molar refractivity (Wildman–Crippen MR) is 73.6 cm³/mol. The number of H-pyrrole nitrogens is 1. The van der Waals surface area contributed by atoms with E-state index in [9.17, 15) is 0 Å². The Morgan fingerprint density at radius 3 is 2.68 bits per heavy atom. The monoisotopic (exact) mass is 258 g/mol. The second-order valence-electron chi connectivity index (χ2n) is 4.81. The van der Waals surface area contributed by atoms with E-state index < -0.39 is 0 Å².